The highest BCUT2D eigenvalue weighted by Crippen LogP contribution is 2.23. The van der Waals surface area contributed by atoms with E-state index in [4.69, 9.17) is 0 Å². The summed E-state index contributed by atoms with van der Waals surface area (Å²) in [5, 5.41) is 3.34. The van der Waals surface area contributed by atoms with E-state index in [-0.39, 0.29) is 5.54 Å². The fraction of sp³-hybridized carbons (Fsp3) is 0.923. The van der Waals surface area contributed by atoms with Crippen LogP contribution in [0.25, 0.3) is 0 Å². The van der Waals surface area contributed by atoms with Crippen LogP contribution in [-0.2, 0) is 4.79 Å². The lowest BCUT2D eigenvalue weighted by Crippen LogP contribution is -2.60. The Morgan fingerprint density at radius 1 is 1.24 bits per heavy atom. The second-order valence-electron chi connectivity index (χ2n) is 5.94. The van der Waals surface area contributed by atoms with E-state index in [9.17, 15) is 4.79 Å². The maximum absolute atomic E-state index is 12.6. The van der Waals surface area contributed by atoms with Crippen molar-refractivity contribution in [2.75, 3.05) is 39.3 Å². The van der Waals surface area contributed by atoms with E-state index < -0.39 is 0 Å². The SMILES string of the molecule is CC1CCN(C(=O)C(C)(C)N2CCNCC2)C1. The maximum Gasteiger partial charge on any atom is 0.242 e. The molecule has 98 valence electrons. The first-order valence-corrected chi connectivity index (χ1v) is 6.77. The van der Waals surface area contributed by atoms with Crippen LogP contribution >= 0.6 is 0 Å². The number of rotatable bonds is 2. The number of hydrogen-bond acceptors (Lipinski definition) is 3. The Labute approximate surface area is 104 Å². The minimum absolute atomic E-state index is 0.309. The molecule has 0 aromatic heterocycles. The van der Waals surface area contributed by atoms with Crippen molar-refractivity contribution in [3.63, 3.8) is 0 Å². The number of hydrogen-bond donors (Lipinski definition) is 1. The molecule has 0 radical (unpaired) electrons. The van der Waals surface area contributed by atoms with Crippen molar-refractivity contribution in [1.29, 1.82) is 0 Å². The fourth-order valence-electron chi connectivity index (χ4n) is 2.87. The molecule has 1 unspecified atom stereocenters. The average Bonchev–Trinajstić information content (AvgIpc) is 2.76. The minimum atomic E-state index is -0.341. The fourth-order valence-corrected chi connectivity index (χ4v) is 2.87. The highest BCUT2D eigenvalue weighted by molar-refractivity contribution is 5.85. The van der Waals surface area contributed by atoms with Gasteiger partial charge in [-0.1, -0.05) is 6.92 Å². The monoisotopic (exact) mass is 239 g/mol. The summed E-state index contributed by atoms with van der Waals surface area (Å²) in [7, 11) is 0. The van der Waals surface area contributed by atoms with Crippen LogP contribution in [0.2, 0.25) is 0 Å². The molecule has 0 aromatic rings. The Morgan fingerprint density at radius 2 is 1.88 bits per heavy atom. The summed E-state index contributed by atoms with van der Waals surface area (Å²) in [6.07, 6.45) is 1.16. The lowest BCUT2D eigenvalue weighted by atomic mass is 9.99. The van der Waals surface area contributed by atoms with Gasteiger partial charge in [0.1, 0.15) is 0 Å². The Hall–Kier alpha value is -0.610. The summed E-state index contributed by atoms with van der Waals surface area (Å²) in [5.41, 5.74) is -0.341. The first-order valence-electron chi connectivity index (χ1n) is 6.77. The molecule has 0 aromatic carbocycles. The second-order valence-corrected chi connectivity index (χ2v) is 5.94. The van der Waals surface area contributed by atoms with E-state index in [1.54, 1.807) is 0 Å². The molecule has 0 aliphatic carbocycles. The van der Waals surface area contributed by atoms with E-state index in [2.05, 4.69) is 31.0 Å². The number of nitrogens with one attached hydrogen (secondary N) is 1. The summed E-state index contributed by atoms with van der Waals surface area (Å²) >= 11 is 0. The van der Waals surface area contributed by atoms with Gasteiger partial charge in [-0.3, -0.25) is 9.69 Å². The maximum atomic E-state index is 12.6. The van der Waals surface area contributed by atoms with Gasteiger partial charge in [0.15, 0.2) is 0 Å². The van der Waals surface area contributed by atoms with Gasteiger partial charge >= 0.3 is 0 Å². The standard InChI is InChI=1S/C13H25N3O/c1-11-4-7-15(10-11)12(17)13(2,3)16-8-5-14-6-9-16/h11,14H,4-10H2,1-3H3. The number of likely N-dealkylation sites (tertiary alicyclic amines) is 1. The predicted molar refractivity (Wildman–Crippen MR) is 68.9 cm³/mol. The zero-order valence-electron chi connectivity index (χ0n) is 11.3. The molecule has 1 atom stereocenters. The van der Waals surface area contributed by atoms with Crippen LogP contribution in [0.3, 0.4) is 0 Å². The molecule has 0 saturated carbocycles. The number of piperazine rings is 1. The summed E-state index contributed by atoms with van der Waals surface area (Å²) in [6.45, 7) is 12.2. The van der Waals surface area contributed by atoms with E-state index in [0.717, 1.165) is 45.7 Å². The summed E-state index contributed by atoms with van der Waals surface area (Å²) in [5.74, 6) is 0.974. The highest BCUT2D eigenvalue weighted by Gasteiger charge is 2.39. The molecule has 2 saturated heterocycles. The molecule has 17 heavy (non-hydrogen) atoms. The van der Waals surface area contributed by atoms with Crippen molar-refractivity contribution in [1.82, 2.24) is 15.1 Å². The van der Waals surface area contributed by atoms with Crippen molar-refractivity contribution in [3.8, 4) is 0 Å². The topological polar surface area (TPSA) is 35.6 Å². The van der Waals surface area contributed by atoms with Crippen LogP contribution in [0, 0.1) is 5.92 Å². The highest BCUT2D eigenvalue weighted by atomic mass is 16.2. The first kappa shape index (κ1) is 12.8. The van der Waals surface area contributed by atoms with Gasteiger partial charge in [0, 0.05) is 39.3 Å². The van der Waals surface area contributed by atoms with Crippen molar-refractivity contribution in [3.05, 3.63) is 0 Å². The third-order valence-corrected chi connectivity index (χ3v) is 4.14. The molecule has 2 fully saturated rings. The predicted octanol–water partition coefficient (Wildman–Crippen LogP) is 0.539. The number of amides is 1. The first-order chi connectivity index (χ1) is 8.01. The van der Waals surface area contributed by atoms with Gasteiger partial charge in [0.2, 0.25) is 5.91 Å². The molecular formula is C13H25N3O. The van der Waals surface area contributed by atoms with Crippen LogP contribution in [-0.4, -0.2) is 60.5 Å². The molecule has 1 amide bonds. The Bertz CT molecular complexity index is 284. The van der Waals surface area contributed by atoms with E-state index in [0.29, 0.717) is 11.8 Å². The van der Waals surface area contributed by atoms with Gasteiger partial charge in [0.05, 0.1) is 5.54 Å². The summed E-state index contributed by atoms with van der Waals surface area (Å²) in [6, 6.07) is 0. The van der Waals surface area contributed by atoms with Gasteiger partial charge in [-0.2, -0.15) is 0 Å². The lowest BCUT2D eigenvalue weighted by molar-refractivity contribution is -0.142. The molecule has 4 nitrogen and oxygen atoms in total. The van der Waals surface area contributed by atoms with Gasteiger partial charge < -0.3 is 10.2 Å². The van der Waals surface area contributed by atoms with Gasteiger partial charge in [-0.25, -0.2) is 0 Å². The van der Waals surface area contributed by atoms with Gasteiger partial charge in [-0.15, -0.1) is 0 Å². The smallest absolute Gasteiger partial charge is 0.242 e. The molecule has 4 heteroatoms. The van der Waals surface area contributed by atoms with Crippen LogP contribution in [0.4, 0.5) is 0 Å². The molecule has 2 aliphatic rings. The third kappa shape index (κ3) is 2.63. The summed E-state index contributed by atoms with van der Waals surface area (Å²) in [4.78, 5) is 16.9. The largest absolute Gasteiger partial charge is 0.341 e. The zero-order chi connectivity index (χ0) is 12.5. The van der Waals surface area contributed by atoms with Crippen molar-refractivity contribution in [2.24, 2.45) is 5.92 Å². The number of nitrogens with zero attached hydrogens (tertiary/aromatic N) is 2. The van der Waals surface area contributed by atoms with E-state index in [1.807, 2.05) is 4.90 Å². The molecule has 0 spiro atoms. The molecule has 1 N–H and O–H groups in total. The van der Waals surface area contributed by atoms with Crippen molar-refractivity contribution >= 4 is 5.91 Å². The summed E-state index contributed by atoms with van der Waals surface area (Å²) < 4.78 is 0. The number of carbonyl (C=O) groups excluding carboxylic acids is 1. The van der Waals surface area contributed by atoms with Crippen LogP contribution < -0.4 is 5.32 Å². The van der Waals surface area contributed by atoms with Gasteiger partial charge in [0.25, 0.3) is 0 Å². The average molecular weight is 239 g/mol. The van der Waals surface area contributed by atoms with Crippen molar-refractivity contribution in [2.45, 2.75) is 32.7 Å². The lowest BCUT2D eigenvalue weighted by Gasteiger charge is -2.41. The molecule has 2 aliphatic heterocycles. The van der Waals surface area contributed by atoms with E-state index in [1.165, 1.54) is 0 Å². The Morgan fingerprint density at radius 3 is 2.41 bits per heavy atom. The normalized spacial score (nSPS) is 27.5. The zero-order valence-corrected chi connectivity index (χ0v) is 11.3. The van der Waals surface area contributed by atoms with Gasteiger partial charge in [-0.05, 0) is 26.2 Å². The minimum Gasteiger partial charge on any atom is -0.341 e. The third-order valence-electron chi connectivity index (χ3n) is 4.14. The molecule has 0 bridgehead atoms. The van der Waals surface area contributed by atoms with E-state index >= 15 is 0 Å². The molecule has 2 rings (SSSR count). The second kappa shape index (κ2) is 4.94. The van der Waals surface area contributed by atoms with Crippen LogP contribution in [0.15, 0.2) is 0 Å². The van der Waals surface area contributed by atoms with Crippen LogP contribution in [0.5, 0.6) is 0 Å². The quantitative estimate of drug-likeness (QED) is 0.764. The van der Waals surface area contributed by atoms with Crippen LogP contribution in [0.1, 0.15) is 27.2 Å². The number of carbonyl (C=O) groups is 1. The molecular weight excluding hydrogens is 214 g/mol. The Balaban J connectivity index is 2.00. The van der Waals surface area contributed by atoms with Crippen molar-refractivity contribution < 1.29 is 4.79 Å². The Kier molecular flexibility index (Phi) is 3.73. The molecule has 2 heterocycles.